The SMILES string of the molecule is CC(C)(C)OC(=O)NCCC[C@@H](CNC(=O)[C@H](CCCNC(=O)CC(N)CCNC(=O)OC(C)(C)C)NC(=O)OC(C)(C)C)NC(=O)OC(C)(C)C. The minimum Gasteiger partial charge on any atom is -0.444 e. The van der Waals surface area contributed by atoms with Gasteiger partial charge in [0.05, 0.1) is 0 Å². The average molecular weight is 746 g/mol. The number of hydrogen-bond donors (Lipinski definition) is 7. The molecule has 6 amide bonds. The second-order valence-electron chi connectivity index (χ2n) is 16.5. The maximum atomic E-state index is 13.4. The molecule has 17 heteroatoms. The van der Waals surface area contributed by atoms with Crippen molar-refractivity contribution >= 4 is 36.2 Å². The maximum absolute atomic E-state index is 13.4. The Morgan fingerprint density at radius 2 is 0.942 bits per heavy atom. The standard InChI is InChI=1S/C35H67N7O10/c1-32(2,3)49-28(45)38-19-13-15-24(41-30(47)51-34(7,8)9)22-40-27(44)25(42-31(48)52-35(10,11)12)16-14-18-37-26(43)21-23(36)17-20-39-29(46)50-33(4,5)6/h23-25H,13-22,36H2,1-12H3,(H,37,43)(H,38,45)(H,39,46)(H,40,44)(H,41,47)(H,42,48)/t23?,24-,25-/m0/s1. The molecule has 0 aliphatic carbocycles. The number of amides is 6. The van der Waals surface area contributed by atoms with E-state index in [0.29, 0.717) is 25.7 Å². The first kappa shape index (κ1) is 48.0. The molecule has 3 atom stereocenters. The van der Waals surface area contributed by atoms with Crippen LogP contribution in [-0.4, -0.2) is 103 Å². The molecule has 0 heterocycles. The molecule has 0 bridgehead atoms. The van der Waals surface area contributed by atoms with Gasteiger partial charge in [-0.15, -0.1) is 0 Å². The van der Waals surface area contributed by atoms with Gasteiger partial charge in [0.2, 0.25) is 11.8 Å². The Morgan fingerprint density at radius 1 is 0.519 bits per heavy atom. The van der Waals surface area contributed by atoms with Crippen LogP contribution in [0.4, 0.5) is 19.2 Å². The fraction of sp³-hybridized carbons (Fsp3) is 0.829. The smallest absolute Gasteiger partial charge is 0.408 e. The fourth-order valence-electron chi connectivity index (χ4n) is 4.24. The van der Waals surface area contributed by atoms with E-state index in [9.17, 15) is 28.8 Å². The Balaban J connectivity index is 5.25. The Bertz CT molecular complexity index is 1150. The second-order valence-corrected chi connectivity index (χ2v) is 16.5. The van der Waals surface area contributed by atoms with Crippen molar-refractivity contribution in [1.29, 1.82) is 0 Å². The van der Waals surface area contributed by atoms with Crippen LogP contribution in [0.1, 0.15) is 122 Å². The summed E-state index contributed by atoms with van der Waals surface area (Å²) in [6.07, 6.45) is -0.932. The topological polar surface area (TPSA) is 238 Å². The summed E-state index contributed by atoms with van der Waals surface area (Å²) in [6, 6.07) is -2.11. The summed E-state index contributed by atoms with van der Waals surface area (Å²) in [5.41, 5.74) is 3.21. The van der Waals surface area contributed by atoms with Gasteiger partial charge in [0.25, 0.3) is 0 Å². The van der Waals surface area contributed by atoms with E-state index in [1.54, 1.807) is 83.1 Å². The highest BCUT2D eigenvalue weighted by Gasteiger charge is 2.26. The van der Waals surface area contributed by atoms with Gasteiger partial charge in [0.1, 0.15) is 28.4 Å². The fourth-order valence-corrected chi connectivity index (χ4v) is 4.24. The van der Waals surface area contributed by atoms with Crippen molar-refractivity contribution in [3.05, 3.63) is 0 Å². The molecular formula is C35H67N7O10. The Kier molecular flexibility index (Phi) is 20.4. The zero-order chi connectivity index (χ0) is 40.3. The molecule has 0 spiro atoms. The number of nitrogens with one attached hydrogen (secondary N) is 6. The lowest BCUT2D eigenvalue weighted by Crippen LogP contribution is -2.52. The van der Waals surface area contributed by atoms with E-state index in [0.717, 1.165) is 0 Å². The lowest BCUT2D eigenvalue weighted by Gasteiger charge is -2.26. The van der Waals surface area contributed by atoms with Gasteiger partial charge in [-0.25, -0.2) is 19.2 Å². The van der Waals surface area contributed by atoms with E-state index in [1.807, 2.05) is 0 Å². The van der Waals surface area contributed by atoms with E-state index in [2.05, 4.69) is 31.9 Å². The average Bonchev–Trinajstić information content (AvgIpc) is 2.91. The van der Waals surface area contributed by atoms with E-state index < -0.39 is 70.8 Å². The summed E-state index contributed by atoms with van der Waals surface area (Å²) in [5, 5.41) is 16.2. The van der Waals surface area contributed by atoms with Gasteiger partial charge in [0, 0.05) is 44.7 Å². The van der Waals surface area contributed by atoms with Crippen LogP contribution >= 0.6 is 0 Å². The molecule has 8 N–H and O–H groups in total. The van der Waals surface area contributed by atoms with Gasteiger partial charge in [-0.3, -0.25) is 9.59 Å². The second kappa shape index (κ2) is 22.1. The number of rotatable bonds is 18. The summed E-state index contributed by atoms with van der Waals surface area (Å²) >= 11 is 0. The van der Waals surface area contributed by atoms with E-state index >= 15 is 0 Å². The zero-order valence-corrected chi connectivity index (χ0v) is 33.5. The number of carbonyl (C=O) groups excluding carboxylic acids is 6. The van der Waals surface area contributed by atoms with Crippen LogP contribution in [0, 0.1) is 0 Å². The first-order valence-corrected chi connectivity index (χ1v) is 17.9. The molecule has 0 saturated carbocycles. The van der Waals surface area contributed by atoms with Crippen LogP contribution in [0.2, 0.25) is 0 Å². The minimum atomic E-state index is -1.02. The van der Waals surface area contributed by atoms with Crippen molar-refractivity contribution in [1.82, 2.24) is 31.9 Å². The number of carbonyl (C=O) groups is 6. The van der Waals surface area contributed by atoms with Crippen molar-refractivity contribution in [2.75, 3.05) is 26.2 Å². The molecule has 0 aliphatic rings. The quantitative estimate of drug-likeness (QED) is 0.0788. The highest BCUT2D eigenvalue weighted by Crippen LogP contribution is 2.11. The largest absolute Gasteiger partial charge is 0.444 e. The number of nitrogens with two attached hydrogens (primary N) is 1. The molecule has 0 saturated heterocycles. The highest BCUT2D eigenvalue weighted by molar-refractivity contribution is 5.85. The Morgan fingerprint density at radius 3 is 1.44 bits per heavy atom. The predicted octanol–water partition coefficient (Wildman–Crippen LogP) is 3.72. The highest BCUT2D eigenvalue weighted by atomic mass is 16.6. The molecule has 0 radical (unpaired) electrons. The van der Waals surface area contributed by atoms with Crippen LogP contribution < -0.4 is 37.6 Å². The lowest BCUT2D eigenvalue weighted by molar-refractivity contribution is -0.123. The van der Waals surface area contributed by atoms with Gasteiger partial charge < -0.3 is 56.6 Å². The molecule has 302 valence electrons. The summed E-state index contributed by atoms with van der Waals surface area (Å²) in [7, 11) is 0. The molecule has 0 aromatic carbocycles. The van der Waals surface area contributed by atoms with Gasteiger partial charge in [-0.2, -0.15) is 0 Å². The van der Waals surface area contributed by atoms with Crippen LogP contribution in [0.5, 0.6) is 0 Å². The van der Waals surface area contributed by atoms with Crippen LogP contribution in [0.3, 0.4) is 0 Å². The van der Waals surface area contributed by atoms with Crippen molar-refractivity contribution in [3.8, 4) is 0 Å². The summed E-state index contributed by atoms with van der Waals surface area (Å²) in [6.45, 7) is 21.5. The third kappa shape index (κ3) is 28.7. The Hall–Kier alpha value is -4.02. The van der Waals surface area contributed by atoms with E-state index in [-0.39, 0.29) is 44.9 Å². The molecule has 0 fully saturated rings. The van der Waals surface area contributed by atoms with Crippen LogP contribution in [0.25, 0.3) is 0 Å². The third-order valence-corrected chi connectivity index (χ3v) is 6.27. The summed E-state index contributed by atoms with van der Waals surface area (Å²) in [4.78, 5) is 74.8. The molecular weight excluding hydrogens is 678 g/mol. The Labute approximate surface area is 309 Å². The molecule has 0 aliphatic heterocycles. The van der Waals surface area contributed by atoms with Crippen molar-refractivity contribution in [2.24, 2.45) is 5.73 Å². The first-order chi connectivity index (χ1) is 23.6. The molecule has 17 nitrogen and oxygen atoms in total. The zero-order valence-electron chi connectivity index (χ0n) is 33.5. The first-order valence-electron chi connectivity index (χ1n) is 17.9. The predicted molar refractivity (Wildman–Crippen MR) is 196 cm³/mol. The number of alkyl carbamates (subject to hydrolysis) is 4. The van der Waals surface area contributed by atoms with Crippen LogP contribution in [0.15, 0.2) is 0 Å². The molecule has 0 aromatic heterocycles. The van der Waals surface area contributed by atoms with Gasteiger partial charge >= 0.3 is 24.4 Å². The number of ether oxygens (including phenoxy) is 4. The van der Waals surface area contributed by atoms with Crippen molar-refractivity contribution in [3.63, 3.8) is 0 Å². The molecule has 0 aromatic rings. The minimum absolute atomic E-state index is 0.00553. The van der Waals surface area contributed by atoms with Crippen molar-refractivity contribution < 1.29 is 47.7 Å². The van der Waals surface area contributed by atoms with E-state index in [4.69, 9.17) is 24.7 Å². The third-order valence-electron chi connectivity index (χ3n) is 6.27. The maximum Gasteiger partial charge on any atom is 0.408 e. The lowest BCUT2D eigenvalue weighted by atomic mass is 10.1. The summed E-state index contributed by atoms with van der Waals surface area (Å²) < 4.78 is 21.2. The van der Waals surface area contributed by atoms with Crippen LogP contribution in [-0.2, 0) is 28.5 Å². The molecule has 0 rings (SSSR count). The van der Waals surface area contributed by atoms with Gasteiger partial charge in [-0.05, 0) is 115 Å². The molecule has 1 unspecified atom stereocenters. The van der Waals surface area contributed by atoms with E-state index in [1.165, 1.54) is 0 Å². The molecule has 52 heavy (non-hydrogen) atoms. The van der Waals surface area contributed by atoms with Gasteiger partial charge in [-0.1, -0.05) is 0 Å². The summed E-state index contributed by atoms with van der Waals surface area (Å²) in [5.74, 6) is -0.831. The number of hydrogen-bond acceptors (Lipinski definition) is 11. The van der Waals surface area contributed by atoms with Gasteiger partial charge in [0.15, 0.2) is 0 Å². The normalized spacial score (nSPS) is 13.7. The monoisotopic (exact) mass is 745 g/mol. The van der Waals surface area contributed by atoms with Crippen molar-refractivity contribution in [2.45, 2.75) is 162 Å².